The average Bonchev–Trinajstić information content (AvgIpc) is 2.56. The summed E-state index contributed by atoms with van der Waals surface area (Å²) in [6, 6.07) is 8.41. The first-order chi connectivity index (χ1) is 11.5. The van der Waals surface area contributed by atoms with Crippen molar-refractivity contribution < 1.29 is 9.13 Å². The third kappa shape index (κ3) is 5.30. The highest BCUT2D eigenvalue weighted by Gasteiger charge is 2.08. The number of hydrogen-bond acceptors (Lipinski definition) is 3. The standard InChI is InChI=1S/C18H21BrFN3O/c1-4-23(3)12-21-17-11-16(19)18(22-13(17)2)24-9-8-14-6-5-7-15(20)10-14/h5-7,10-12H,4,8-9H2,1-3H3. The Morgan fingerprint density at radius 1 is 1.38 bits per heavy atom. The van der Waals surface area contributed by atoms with Crippen LogP contribution in [0.1, 0.15) is 18.2 Å². The van der Waals surface area contributed by atoms with Crippen LogP contribution >= 0.6 is 15.9 Å². The molecule has 1 heterocycles. The molecule has 0 saturated carbocycles. The van der Waals surface area contributed by atoms with E-state index in [-0.39, 0.29) is 5.82 Å². The molecule has 0 N–H and O–H groups in total. The first-order valence-electron chi connectivity index (χ1n) is 7.78. The van der Waals surface area contributed by atoms with Gasteiger partial charge >= 0.3 is 0 Å². The largest absolute Gasteiger partial charge is 0.477 e. The quantitative estimate of drug-likeness (QED) is 0.512. The summed E-state index contributed by atoms with van der Waals surface area (Å²) in [7, 11) is 1.96. The molecule has 2 rings (SSSR count). The molecule has 0 aliphatic rings. The second kappa shape index (κ2) is 8.78. The maximum atomic E-state index is 13.2. The molecule has 1 aromatic carbocycles. The molecule has 0 aliphatic carbocycles. The van der Waals surface area contributed by atoms with Gasteiger partial charge in [0.2, 0.25) is 5.88 Å². The summed E-state index contributed by atoms with van der Waals surface area (Å²) < 4.78 is 19.6. The zero-order chi connectivity index (χ0) is 17.5. The van der Waals surface area contributed by atoms with Crippen molar-refractivity contribution in [1.82, 2.24) is 9.88 Å². The van der Waals surface area contributed by atoms with Gasteiger partial charge in [0.1, 0.15) is 5.82 Å². The monoisotopic (exact) mass is 393 g/mol. The van der Waals surface area contributed by atoms with Gasteiger partial charge in [0, 0.05) is 20.0 Å². The van der Waals surface area contributed by atoms with Crippen molar-refractivity contribution in [1.29, 1.82) is 0 Å². The lowest BCUT2D eigenvalue weighted by Crippen LogP contribution is -2.14. The molecule has 0 saturated heterocycles. The van der Waals surface area contributed by atoms with E-state index < -0.39 is 0 Å². The molecule has 0 radical (unpaired) electrons. The molecule has 0 fully saturated rings. The summed E-state index contributed by atoms with van der Waals surface area (Å²) in [6.45, 7) is 5.27. The second-order valence-corrected chi connectivity index (χ2v) is 6.28. The van der Waals surface area contributed by atoms with E-state index in [2.05, 4.69) is 32.8 Å². The predicted octanol–water partition coefficient (Wildman–Crippen LogP) is 4.52. The van der Waals surface area contributed by atoms with E-state index in [4.69, 9.17) is 4.74 Å². The molecule has 6 heteroatoms. The number of ether oxygens (including phenoxy) is 1. The molecule has 0 aliphatic heterocycles. The zero-order valence-corrected chi connectivity index (χ0v) is 15.7. The number of rotatable bonds is 7. The minimum absolute atomic E-state index is 0.234. The van der Waals surface area contributed by atoms with Crippen LogP contribution in [0.5, 0.6) is 5.88 Å². The maximum Gasteiger partial charge on any atom is 0.228 e. The lowest BCUT2D eigenvalue weighted by Gasteiger charge is -2.11. The molecule has 2 aromatic rings. The summed E-state index contributed by atoms with van der Waals surface area (Å²) in [5.74, 6) is 0.286. The van der Waals surface area contributed by atoms with Crippen LogP contribution < -0.4 is 4.74 Å². The fourth-order valence-corrected chi connectivity index (χ4v) is 2.40. The van der Waals surface area contributed by atoms with Crippen molar-refractivity contribution in [3.63, 3.8) is 0 Å². The number of pyridine rings is 1. The Kier molecular flexibility index (Phi) is 6.73. The minimum Gasteiger partial charge on any atom is -0.477 e. The van der Waals surface area contributed by atoms with E-state index in [9.17, 15) is 4.39 Å². The van der Waals surface area contributed by atoms with Gasteiger partial charge in [-0.25, -0.2) is 14.4 Å². The van der Waals surface area contributed by atoms with Crippen LogP contribution in [-0.4, -0.2) is 36.4 Å². The van der Waals surface area contributed by atoms with Crippen LogP contribution in [0.25, 0.3) is 0 Å². The first-order valence-corrected chi connectivity index (χ1v) is 8.57. The number of nitrogens with zero attached hydrogens (tertiary/aromatic N) is 3. The molecule has 0 spiro atoms. The SMILES string of the molecule is CCN(C)C=Nc1cc(Br)c(OCCc2cccc(F)c2)nc1C. The normalized spacial score (nSPS) is 11.0. The molecule has 128 valence electrons. The van der Waals surface area contributed by atoms with E-state index in [1.54, 1.807) is 12.4 Å². The Labute approximate surface area is 150 Å². The van der Waals surface area contributed by atoms with E-state index in [1.807, 2.05) is 31.0 Å². The number of aliphatic imine (C=N–C) groups is 1. The fourth-order valence-electron chi connectivity index (χ4n) is 1.98. The Balaban J connectivity index is 2.01. The lowest BCUT2D eigenvalue weighted by molar-refractivity contribution is 0.307. The van der Waals surface area contributed by atoms with Gasteiger partial charge in [0.25, 0.3) is 0 Å². The van der Waals surface area contributed by atoms with Crippen LogP contribution in [0.3, 0.4) is 0 Å². The van der Waals surface area contributed by atoms with Crippen molar-refractivity contribution in [2.45, 2.75) is 20.3 Å². The zero-order valence-electron chi connectivity index (χ0n) is 14.1. The smallest absolute Gasteiger partial charge is 0.228 e. The van der Waals surface area contributed by atoms with Crippen LogP contribution in [0.2, 0.25) is 0 Å². The molecular formula is C18H21BrFN3O. The van der Waals surface area contributed by atoms with E-state index in [0.717, 1.165) is 28.0 Å². The Bertz CT molecular complexity index is 721. The van der Waals surface area contributed by atoms with Gasteiger partial charge in [-0.3, -0.25) is 0 Å². The number of aryl methyl sites for hydroxylation is 1. The summed E-state index contributed by atoms with van der Waals surface area (Å²) in [5, 5.41) is 0. The Morgan fingerprint density at radius 2 is 2.17 bits per heavy atom. The Morgan fingerprint density at radius 3 is 2.88 bits per heavy atom. The number of hydrogen-bond donors (Lipinski definition) is 0. The molecule has 4 nitrogen and oxygen atoms in total. The van der Waals surface area contributed by atoms with E-state index in [0.29, 0.717) is 18.9 Å². The summed E-state index contributed by atoms with van der Waals surface area (Å²) in [4.78, 5) is 10.9. The number of aromatic nitrogens is 1. The van der Waals surface area contributed by atoms with Gasteiger partial charge in [-0.2, -0.15) is 0 Å². The third-order valence-corrected chi connectivity index (χ3v) is 4.09. The molecule has 24 heavy (non-hydrogen) atoms. The number of halogens is 2. The van der Waals surface area contributed by atoms with Gasteiger partial charge in [-0.1, -0.05) is 12.1 Å². The average molecular weight is 394 g/mol. The number of benzene rings is 1. The van der Waals surface area contributed by atoms with Gasteiger partial charge in [0.05, 0.1) is 28.8 Å². The van der Waals surface area contributed by atoms with Crippen molar-refractivity contribution in [2.75, 3.05) is 20.2 Å². The lowest BCUT2D eigenvalue weighted by atomic mass is 10.2. The summed E-state index contributed by atoms with van der Waals surface area (Å²) in [5.41, 5.74) is 2.48. The van der Waals surface area contributed by atoms with Crippen LogP contribution in [0.4, 0.5) is 10.1 Å². The Hall–Kier alpha value is -1.95. The molecule has 1 aromatic heterocycles. The van der Waals surface area contributed by atoms with Gasteiger partial charge in [-0.15, -0.1) is 0 Å². The predicted molar refractivity (Wildman–Crippen MR) is 98.7 cm³/mol. The third-order valence-electron chi connectivity index (χ3n) is 3.52. The highest BCUT2D eigenvalue weighted by molar-refractivity contribution is 9.10. The van der Waals surface area contributed by atoms with Crippen molar-refractivity contribution in [3.05, 3.63) is 51.9 Å². The molecule has 0 amide bonds. The molecular weight excluding hydrogens is 373 g/mol. The van der Waals surface area contributed by atoms with E-state index >= 15 is 0 Å². The van der Waals surface area contributed by atoms with Crippen molar-refractivity contribution >= 4 is 28.0 Å². The van der Waals surface area contributed by atoms with Crippen molar-refractivity contribution in [3.8, 4) is 5.88 Å². The molecule has 0 bridgehead atoms. The van der Waals surface area contributed by atoms with Gasteiger partial charge < -0.3 is 9.64 Å². The van der Waals surface area contributed by atoms with E-state index in [1.165, 1.54) is 12.1 Å². The fraction of sp³-hybridized carbons (Fsp3) is 0.333. The molecule has 0 atom stereocenters. The van der Waals surface area contributed by atoms with Crippen LogP contribution in [-0.2, 0) is 6.42 Å². The highest BCUT2D eigenvalue weighted by Crippen LogP contribution is 2.29. The summed E-state index contributed by atoms with van der Waals surface area (Å²) >= 11 is 3.47. The minimum atomic E-state index is -0.234. The maximum absolute atomic E-state index is 13.2. The highest BCUT2D eigenvalue weighted by atomic mass is 79.9. The van der Waals surface area contributed by atoms with Crippen molar-refractivity contribution in [2.24, 2.45) is 4.99 Å². The van der Waals surface area contributed by atoms with Crippen LogP contribution in [0, 0.1) is 12.7 Å². The van der Waals surface area contributed by atoms with Gasteiger partial charge in [-0.05, 0) is 53.5 Å². The first kappa shape index (κ1) is 18.4. The second-order valence-electron chi connectivity index (χ2n) is 5.43. The topological polar surface area (TPSA) is 37.7 Å². The van der Waals surface area contributed by atoms with Crippen LogP contribution in [0.15, 0.2) is 39.8 Å². The molecule has 0 unspecified atom stereocenters. The summed E-state index contributed by atoms with van der Waals surface area (Å²) in [6.07, 6.45) is 2.40. The van der Waals surface area contributed by atoms with Gasteiger partial charge in [0.15, 0.2) is 0 Å².